The number of para-hydroxylation sites is 1. The van der Waals surface area contributed by atoms with Gasteiger partial charge in [-0.15, -0.1) is 0 Å². The fourth-order valence-electron chi connectivity index (χ4n) is 3.10. The molecule has 1 N–H and O–H groups in total. The highest BCUT2D eigenvalue weighted by Crippen LogP contribution is 2.36. The first-order valence-electron chi connectivity index (χ1n) is 9.31. The maximum Gasteiger partial charge on any atom is 0.333 e. The first kappa shape index (κ1) is 22.7. The molecule has 0 aromatic heterocycles. The van der Waals surface area contributed by atoms with Gasteiger partial charge >= 0.3 is 6.03 Å². The molecule has 0 radical (unpaired) electrons. The maximum atomic E-state index is 12.8. The van der Waals surface area contributed by atoms with Crippen LogP contribution >= 0.6 is 50.7 Å². The third-order valence-electron chi connectivity index (χ3n) is 4.59. The standard InChI is InChI=1S/C23H14BrCl3N2O3/c24-16-8-14(10-19(27)21(16)32-12-13-6-7-17(25)18(26)9-13)11-20-22(30)29(23(31)28-20)15-4-2-1-3-5-15/h1-11H,12H2,(H,28,31)/b20-11+. The smallest absolute Gasteiger partial charge is 0.333 e. The Morgan fingerprint density at radius 3 is 2.38 bits per heavy atom. The van der Waals surface area contributed by atoms with Crippen molar-refractivity contribution >= 4 is 74.4 Å². The van der Waals surface area contributed by atoms with Gasteiger partial charge in [-0.1, -0.05) is 59.1 Å². The quantitative estimate of drug-likeness (QED) is 0.272. The van der Waals surface area contributed by atoms with Crippen LogP contribution in [0, 0.1) is 0 Å². The van der Waals surface area contributed by atoms with Gasteiger partial charge in [-0.05, 0) is 69.5 Å². The minimum Gasteiger partial charge on any atom is -0.486 e. The third-order valence-corrected chi connectivity index (χ3v) is 6.20. The number of anilines is 1. The van der Waals surface area contributed by atoms with Crippen LogP contribution in [0.25, 0.3) is 6.08 Å². The lowest BCUT2D eigenvalue weighted by Crippen LogP contribution is -2.30. The number of rotatable bonds is 5. The van der Waals surface area contributed by atoms with E-state index in [1.807, 2.05) is 12.1 Å². The normalized spacial score (nSPS) is 14.8. The van der Waals surface area contributed by atoms with Crippen LogP contribution in [0.2, 0.25) is 15.1 Å². The van der Waals surface area contributed by atoms with E-state index in [0.717, 1.165) is 10.5 Å². The molecule has 1 aliphatic heterocycles. The zero-order chi connectivity index (χ0) is 22.8. The molecule has 0 spiro atoms. The summed E-state index contributed by atoms with van der Waals surface area (Å²) in [5, 5.41) is 3.83. The third kappa shape index (κ3) is 4.79. The predicted octanol–water partition coefficient (Wildman–Crippen LogP) is 7.09. The Morgan fingerprint density at radius 2 is 1.69 bits per heavy atom. The molecule has 1 fully saturated rings. The van der Waals surface area contributed by atoms with Crippen LogP contribution in [0.3, 0.4) is 0 Å². The van der Waals surface area contributed by atoms with Crippen LogP contribution in [-0.2, 0) is 11.4 Å². The maximum absolute atomic E-state index is 12.8. The number of nitrogens with one attached hydrogen (secondary N) is 1. The number of carbonyl (C=O) groups excluding carboxylic acids is 2. The van der Waals surface area contributed by atoms with E-state index in [4.69, 9.17) is 39.5 Å². The Kier molecular flexibility index (Phi) is 6.76. The van der Waals surface area contributed by atoms with Crippen molar-refractivity contribution in [3.05, 3.63) is 97.0 Å². The average Bonchev–Trinajstić information content (AvgIpc) is 3.03. The van der Waals surface area contributed by atoms with Crippen molar-refractivity contribution in [1.29, 1.82) is 0 Å². The zero-order valence-electron chi connectivity index (χ0n) is 16.2. The molecule has 0 atom stereocenters. The van der Waals surface area contributed by atoms with Crippen molar-refractivity contribution in [3.63, 3.8) is 0 Å². The van der Waals surface area contributed by atoms with Crippen LogP contribution in [0.5, 0.6) is 5.75 Å². The summed E-state index contributed by atoms with van der Waals surface area (Å²) < 4.78 is 6.43. The molecule has 4 rings (SSSR count). The summed E-state index contributed by atoms with van der Waals surface area (Å²) in [6, 6.07) is 16.8. The van der Waals surface area contributed by atoms with E-state index in [9.17, 15) is 9.59 Å². The second kappa shape index (κ2) is 9.55. The van der Waals surface area contributed by atoms with E-state index in [0.29, 0.717) is 36.5 Å². The molecule has 1 heterocycles. The number of hydrogen-bond acceptors (Lipinski definition) is 3. The Bertz CT molecular complexity index is 1230. The number of ether oxygens (including phenoxy) is 1. The van der Waals surface area contributed by atoms with Crippen LogP contribution in [0.4, 0.5) is 10.5 Å². The van der Waals surface area contributed by atoms with E-state index >= 15 is 0 Å². The summed E-state index contributed by atoms with van der Waals surface area (Å²) in [5.41, 5.74) is 2.08. The lowest BCUT2D eigenvalue weighted by Gasteiger charge is -2.12. The van der Waals surface area contributed by atoms with Gasteiger partial charge in [0.25, 0.3) is 5.91 Å². The SMILES string of the molecule is O=C1N/C(=C/c2cc(Cl)c(OCc3ccc(Cl)c(Cl)c3)c(Br)c2)C(=O)N1c1ccccc1. The summed E-state index contributed by atoms with van der Waals surface area (Å²) >= 11 is 21.9. The molecule has 162 valence electrons. The van der Waals surface area contributed by atoms with Crippen LogP contribution in [0.1, 0.15) is 11.1 Å². The summed E-state index contributed by atoms with van der Waals surface area (Å²) in [5.74, 6) is -0.0130. The highest BCUT2D eigenvalue weighted by Gasteiger charge is 2.34. The monoisotopic (exact) mass is 550 g/mol. The highest BCUT2D eigenvalue weighted by atomic mass is 79.9. The number of urea groups is 1. The Morgan fingerprint density at radius 1 is 0.938 bits per heavy atom. The molecule has 3 aromatic rings. The van der Waals surface area contributed by atoms with Gasteiger partial charge in [-0.3, -0.25) is 4.79 Å². The summed E-state index contributed by atoms with van der Waals surface area (Å²) in [7, 11) is 0. The molecule has 1 aliphatic rings. The molecule has 0 aliphatic carbocycles. The fraction of sp³-hybridized carbons (Fsp3) is 0.0435. The van der Waals surface area contributed by atoms with Gasteiger partial charge < -0.3 is 10.1 Å². The number of carbonyl (C=O) groups is 2. The Hall–Kier alpha value is -2.51. The molecule has 9 heteroatoms. The molecule has 0 unspecified atom stereocenters. The average molecular weight is 553 g/mol. The number of benzene rings is 3. The van der Waals surface area contributed by atoms with E-state index in [2.05, 4.69) is 21.2 Å². The second-order valence-electron chi connectivity index (χ2n) is 6.82. The molecule has 5 nitrogen and oxygen atoms in total. The summed E-state index contributed by atoms with van der Waals surface area (Å²) in [6.45, 7) is 0.232. The highest BCUT2D eigenvalue weighted by molar-refractivity contribution is 9.10. The number of amides is 3. The van der Waals surface area contributed by atoms with Crippen LogP contribution < -0.4 is 15.0 Å². The number of halogens is 4. The first-order valence-corrected chi connectivity index (χ1v) is 11.2. The molecule has 3 aromatic carbocycles. The molecule has 1 saturated heterocycles. The molecule has 0 bridgehead atoms. The van der Waals surface area contributed by atoms with Gasteiger partial charge in [0.15, 0.2) is 5.75 Å². The summed E-state index contributed by atoms with van der Waals surface area (Å²) in [6.07, 6.45) is 1.56. The van der Waals surface area contributed by atoms with Gasteiger partial charge in [0.05, 0.1) is 25.2 Å². The van der Waals surface area contributed by atoms with Crippen molar-refractivity contribution in [2.75, 3.05) is 4.90 Å². The van der Waals surface area contributed by atoms with Crippen molar-refractivity contribution < 1.29 is 14.3 Å². The second-order valence-corrected chi connectivity index (χ2v) is 8.89. The van der Waals surface area contributed by atoms with Crippen molar-refractivity contribution in [3.8, 4) is 5.75 Å². The van der Waals surface area contributed by atoms with Crippen LogP contribution in [0.15, 0.2) is 70.8 Å². The topological polar surface area (TPSA) is 58.6 Å². The minimum atomic E-state index is -0.515. The first-order chi connectivity index (χ1) is 15.3. The largest absolute Gasteiger partial charge is 0.486 e. The fourth-order valence-corrected chi connectivity index (χ4v) is 4.41. The number of imide groups is 1. The van der Waals surface area contributed by atoms with E-state index in [-0.39, 0.29) is 12.3 Å². The molecule has 32 heavy (non-hydrogen) atoms. The van der Waals surface area contributed by atoms with Gasteiger partial charge in [0.2, 0.25) is 0 Å². The van der Waals surface area contributed by atoms with Crippen molar-refractivity contribution in [2.24, 2.45) is 0 Å². The zero-order valence-corrected chi connectivity index (χ0v) is 20.1. The van der Waals surface area contributed by atoms with Crippen molar-refractivity contribution in [2.45, 2.75) is 6.61 Å². The van der Waals surface area contributed by atoms with Gasteiger partial charge in [-0.2, -0.15) is 0 Å². The molecule has 3 amide bonds. The van der Waals surface area contributed by atoms with Gasteiger partial charge in [0, 0.05) is 0 Å². The van der Waals surface area contributed by atoms with E-state index in [1.54, 1.807) is 54.6 Å². The lowest BCUT2D eigenvalue weighted by atomic mass is 10.1. The van der Waals surface area contributed by atoms with E-state index < -0.39 is 11.9 Å². The minimum absolute atomic E-state index is 0.145. The Labute approximate surface area is 207 Å². The van der Waals surface area contributed by atoms with Gasteiger partial charge in [0.1, 0.15) is 12.3 Å². The lowest BCUT2D eigenvalue weighted by molar-refractivity contribution is -0.113. The Balaban J connectivity index is 1.54. The molecule has 0 saturated carbocycles. The van der Waals surface area contributed by atoms with E-state index in [1.165, 1.54) is 0 Å². The predicted molar refractivity (Wildman–Crippen MR) is 130 cm³/mol. The summed E-state index contributed by atoms with van der Waals surface area (Å²) in [4.78, 5) is 26.2. The van der Waals surface area contributed by atoms with Crippen molar-refractivity contribution in [1.82, 2.24) is 5.32 Å². The number of hydrogen-bond donors (Lipinski definition) is 1. The molecular formula is C23H14BrCl3N2O3. The number of nitrogens with zero attached hydrogens (tertiary/aromatic N) is 1. The van der Waals surface area contributed by atoms with Crippen LogP contribution in [-0.4, -0.2) is 11.9 Å². The van der Waals surface area contributed by atoms with Gasteiger partial charge in [-0.25, -0.2) is 9.69 Å². The molecular weight excluding hydrogens is 539 g/mol.